The van der Waals surface area contributed by atoms with Crippen molar-refractivity contribution >= 4 is 0 Å². The van der Waals surface area contributed by atoms with Gasteiger partial charge in [0.15, 0.2) is 0 Å². The molecule has 0 spiro atoms. The third kappa shape index (κ3) is 2.38. The second-order valence-corrected chi connectivity index (χ2v) is 4.28. The van der Waals surface area contributed by atoms with Crippen LogP contribution in [0.15, 0.2) is 24.3 Å². The predicted molar refractivity (Wildman–Crippen MR) is 56.2 cm³/mol. The molecule has 0 heterocycles. The highest BCUT2D eigenvalue weighted by atomic mass is 19.4. The Morgan fingerprint density at radius 3 is 2.38 bits per heavy atom. The Bertz CT molecular complexity index is 356. The van der Waals surface area contributed by atoms with Crippen LogP contribution in [0.3, 0.4) is 0 Å². The van der Waals surface area contributed by atoms with Gasteiger partial charge in [-0.25, -0.2) is 0 Å². The van der Waals surface area contributed by atoms with Crippen LogP contribution < -0.4 is 5.32 Å². The van der Waals surface area contributed by atoms with E-state index in [1.165, 1.54) is 12.1 Å². The van der Waals surface area contributed by atoms with Crippen molar-refractivity contribution in [3.63, 3.8) is 0 Å². The molecule has 0 aromatic heterocycles. The van der Waals surface area contributed by atoms with Gasteiger partial charge in [0.05, 0.1) is 5.56 Å². The Balaban J connectivity index is 2.04. The van der Waals surface area contributed by atoms with E-state index in [-0.39, 0.29) is 0 Å². The van der Waals surface area contributed by atoms with Gasteiger partial charge in [-0.2, -0.15) is 13.2 Å². The maximum atomic E-state index is 12.3. The van der Waals surface area contributed by atoms with E-state index in [0.29, 0.717) is 11.8 Å². The van der Waals surface area contributed by atoms with Gasteiger partial charge >= 0.3 is 6.18 Å². The van der Waals surface area contributed by atoms with Crippen LogP contribution in [0.2, 0.25) is 0 Å². The molecule has 2 atom stereocenters. The Morgan fingerprint density at radius 1 is 1.25 bits per heavy atom. The second kappa shape index (κ2) is 4.09. The zero-order valence-electron chi connectivity index (χ0n) is 9.01. The second-order valence-electron chi connectivity index (χ2n) is 4.28. The highest BCUT2D eigenvalue weighted by molar-refractivity contribution is 5.30. The monoisotopic (exact) mass is 229 g/mol. The van der Waals surface area contributed by atoms with Crippen molar-refractivity contribution in [3.05, 3.63) is 35.4 Å². The van der Waals surface area contributed by atoms with Gasteiger partial charge in [0.25, 0.3) is 0 Å². The molecule has 1 nitrogen and oxygen atoms in total. The average molecular weight is 229 g/mol. The van der Waals surface area contributed by atoms with Crippen molar-refractivity contribution in [2.45, 2.75) is 18.5 Å². The maximum Gasteiger partial charge on any atom is 0.416 e. The molecule has 1 aliphatic rings. The summed E-state index contributed by atoms with van der Waals surface area (Å²) in [6.07, 6.45) is -3.15. The van der Waals surface area contributed by atoms with E-state index in [2.05, 4.69) is 5.32 Å². The number of halogens is 3. The first-order valence-electron chi connectivity index (χ1n) is 5.34. The molecule has 0 radical (unpaired) electrons. The van der Waals surface area contributed by atoms with Gasteiger partial charge in [-0.15, -0.1) is 0 Å². The lowest BCUT2D eigenvalue weighted by Crippen LogP contribution is -2.10. The third-order valence-corrected chi connectivity index (χ3v) is 3.06. The molecular weight excluding hydrogens is 215 g/mol. The summed E-state index contributed by atoms with van der Waals surface area (Å²) in [6.45, 7) is 0.936. The average Bonchev–Trinajstić information content (AvgIpc) is 2.97. The summed E-state index contributed by atoms with van der Waals surface area (Å²) in [4.78, 5) is 0. The molecule has 0 unspecified atom stereocenters. The fourth-order valence-corrected chi connectivity index (χ4v) is 2.06. The van der Waals surface area contributed by atoms with E-state index < -0.39 is 11.7 Å². The Hall–Kier alpha value is -1.03. The predicted octanol–water partition coefficient (Wildman–Crippen LogP) is 3.03. The molecule has 4 heteroatoms. The van der Waals surface area contributed by atoms with E-state index in [0.717, 1.165) is 18.5 Å². The van der Waals surface area contributed by atoms with Gasteiger partial charge in [-0.1, -0.05) is 12.1 Å². The lowest BCUT2D eigenvalue weighted by atomic mass is 10.1. The van der Waals surface area contributed by atoms with Gasteiger partial charge in [0.1, 0.15) is 0 Å². The van der Waals surface area contributed by atoms with Crippen molar-refractivity contribution in [3.8, 4) is 0 Å². The van der Waals surface area contributed by atoms with Crippen molar-refractivity contribution in [2.75, 3.05) is 13.6 Å². The van der Waals surface area contributed by atoms with Gasteiger partial charge in [-0.3, -0.25) is 0 Å². The minimum Gasteiger partial charge on any atom is -0.319 e. The molecule has 1 aromatic rings. The molecule has 88 valence electrons. The molecule has 2 rings (SSSR count). The van der Waals surface area contributed by atoms with Crippen LogP contribution >= 0.6 is 0 Å². The van der Waals surface area contributed by atoms with E-state index in [9.17, 15) is 13.2 Å². The molecule has 0 saturated heterocycles. The first-order valence-corrected chi connectivity index (χ1v) is 5.34. The standard InChI is InChI=1S/C12H14F3N/c1-16-7-9-6-11(9)8-2-4-10(5-3-8)12(13,14)15/h2-5,9,11,16H,6-7H2,1H3/t9-,11-/m1/s1. The number of alkyl halides is 3. The molecule has 16 heavy (non-hydrogen) atoms. The summed E-state index contributed by atoms with van der Waals surface area (Å²) in [5.74, 6) is 1.02. The van der Waals surface area contributed by atoms with E-state index >= 15 is 0 Å². The number of rotatable bonds is 3. The lowest BCUT2D eigenvalue weighted by Gasteiger charge is -2.07. The van der Waals surface area contributed by atoms with Crippen molar-refractivity contribution in [1.29, 1.82) is 0 Å². The summed E-state index contributed by atoms with van der Waals surface area (Å²) in [6, 6.07) is 5.54. The van der Waals surface area contributed by atoms with E-state index in [1.54, 1.807) is 12.1 Å². The van der Waals surface area contributed by atoms with E-state index in [1.807, 2.05) is 7.05 Å². The smallest absolute Gasteiger partial charge is 0.319 e. The highest BCUT2D eigenvalue weighted by Gasteiger charge is 2.38. The number of hydrogen-bond donors (Lipinski definition) is 1. The molecule has 1 aromatic carbocycles. The van der Waals surface area contributed by atoms with Crippen LogP contribution in [-0.2, 0) is 6.18 Å². The highest BCUT2D eigenvalue weighted by Crippen LogP contribution is 2.47. The number of nitrogens with one attached hydrogen (secondary N) is 1. The molecule has 1 fully saturated rings. The fourth-order valence-electron chi connectivity index (χ4n) is 2.06. The maximum absolute atomic E-state index is 12.3. The minimum absolute atomic E-state index is 0.440. The molecule has 1 N–H and O–H groups in total. The van der Waals surface area contributed by atoms with Crippen molar-refractivity contribution in [2.24, 2.45) is 5.92 Å². The third-order valence-electron chi connectivity index (χ3n) is 3.06. The zero-order valence-corrected chi connectivity index (χ0v) is 9.01. The summed E-state index contributed by atoms with van der Waals surface area (Å²) in [5.41, 5.74) is 0.454. The molecule has 0 aliphatic heterocycles. The fraction of sp³-hybridized carbons (Fsp3) is 0.500. The van der Waals surface area contributed by atoms with Gasteiger partial charge in [0.2, 0.25) is 0 Å². The summed E-state index contributed by atoms with van der Waals surface area (Å²) in [5, 5.41) is 3.09. The Kier molecular flexibility index (Phi) is 2.93. The molecule has 1 aliphatic carbocycles. The molecule has 1 saturated carbocycles. The first-order chi connectivity index (χ1) is 7.52. The quantitative estimate of drug-likeness (QED) is 0.840. The van der Waals surface area contributed by atoms with Crippen LogP contribution in [0.4, 0.5) is 13.2 Å². The zero-order chi connectivity index (χ0) is 11.8. The van der Waals surface area contributed by atoms with Gasteiger partial charge in [-0.05, 0) is 49.5 Å². The lowest BCUT2D eigenvalue weighted by molar-refractivity contribution is -0.137. The summed E-state index contributed by atoms with van der Waals surface area (Å²) >= 11 is 0. The first kappa shape index (κ1) is 11.5. The normalized spacial score (nSPS) is 24.5. The van der Waals surface area contributed by atoms with Gasteiger partial charge < -0.3 is 5.32 Å². The molecular formula is C12H14F3N. The summed E-state index contributed by atoms with van der Waals surface area (Å²) < 4.78 is 37.0. The van der Waals surface area contributed by atoms with E-state index in [4.69, 9.17) is 0 Å². The van der Waals surface area contributed by atoms with Crippen molar-refractivity contribution in [1.82, 2.24) is 5.32 Å². The summed E-state index contributed by atoms with van der Waals surface area (Å²) in [7, 11) is 1.89. The van der Waals surface area contributed by atoms with Crippen LogP contribution in [0.1, 0.15) is 23.5 Å². The van der Waals surface area contributed by atoms with Crippen LogP contribution in [0.5, 0.6) is 0 Å². The topological polar surface area (TPSA) is 12.0 Å². The SMILES string of the molecule is CNC[C@H]1C[C@@H]1c1ccc(C(F)(F)F)cc1. The number of hydrogen-bond acceptors (Lipinski definition) is 1. The van der Waals surface area contributed by atoms with Crippen LogP contribution in [-0.4, -0.2) is 13.6 Å². The number of benzene rings is 1. The Morgan fingerprint density at radius 2 is 1.88 bits per heavy atom. The Labute approximate surface area is 92.7 Å². The van der Waals surface area contributed by atoms with Crippen LogP contribution in [0, 0.1) is 5.92 Å². The molecule has 0 amide bonds. The van der Waals surface area contributed by atoms with Gasteiger partial charge in [0, 0.05) is 0 Å². The van der Waals surface area contributed by atoms with Crippen LogP contribution in [0.25, 0.3) is 0 Å². The largest absolute Gasteiger partial charge is 0.416 e. The van der Waals surface area contributed by atoms with Crippen molar-refractivity contribution < 1.29 is 13.2 Å². The minimum atomic E-state index is -4.23. The molecule has 0 bridgehead atoms.